The van der Waals surface area contributed by atoms with Crippen molar-refractivity contribution in [3.63, 3.8) is 0 Å². The molecule has 3 heterocycles. The van der Waals surface area contributed by atoms with E-state index in [9.17, 15) is 9.18 Å². The number of anilines is 2. The van der Waals surface area contributed by atoms with Crippen LogP contribution < -0.4 is 10.2 Å². The van der Waals surface area contributed by atoms with Gasteiger partial charge in [0.2, 0.25) is 0 Å². The number of rotatable bonds is 5. The van der Waals surface area contributed by atoms with Crippen LogP contribution in [-0.2, 0) is 6.54 Å². The lowest BCUT2D eigenvalue weighted by atomic mass is 10.2. The van der Waals surface area contributed by atoms with Gasteiger partial charge in [-0.2, -0.15) is 0 Å². The summed E-state index contributed by atoms with van der Waals surface area (Å²) in [4.78, 5) is 29.2. The number of hydrogen-bond acceptors (Lipinski definition) is 6. The van der Waals surface area contributed by atoms with Gasteiger partial charge in [0.25, 0.3) is 5.91 Å². The molecular formula is C21H21FN6O. The monoisotopic (exact) mass is 392 g/mol. The Morgan fingerprint density at radius 2 is 1.86 bits per heavy atom. The summed E-state index contributed by atoms with van der Waals surface area (Å²) in [5.41, 5.74) is 2.35. The molecule has 1 saturated heterocycles. The van der Waals surface area contributed by atoms with Gasteiger partial charge in [0.1, 0.15) is 23.7 Å². The molecule has 1 aliphatic heterocycles. The average molecular weight is 392 g/mol. The van der Waals surface area contributed by atoms with Gasteiger partial charge in [-0.3, -0.25) is 9.78 Å². The lowest BCUT2D eigenvalue weighted by Gasteiger charge is -2.36. The van der Waals surface area contributed by atoms with Gasteiger partial charge in [-0.1, -0.05) is 6.07 Å². The Morgan fingerprint density at radius 1 is 1.07 bits per heavy atom. The Labute approximate surface area is 168 Å². The van der Waals surface area contributed by atoms with Crippen molar-refractivity contribution in [2.75, 3.05) is 36.4 Å². The first-order chi connectivity index (χ1) is 14.2. The maximum absolute atomic E-state index is 13.1. The maximum atomic E-state index is 13.1. The van der Waals surface area contributed by atoms with E-state index in [0.717, 1.165) is 11.3 Å². The number of aromatic nitrogens is 3. The molecule has 0 bridgehead atoms. The van der Waals surface area contributed by atoms with E-state index in [1.807, 2.05) is 12.1 Å². The van der Waals surface area contributed by atoms with E-state index >= 15 is 0 Å². The van der Waals surface area contributed by atoms with Crippen molar-refractivity contribution in [2.45, 2.75) is 6.54 Å². The second kappa shape index (κ2) is 8.64. The van der Waals surface area contributed by atoms with Gasteiger partial charge >= 0.3 is 0 Å². The van der Waals surface area contributed by atoms with Crippen LogP contribution in [0.25, 0.3) is 0 Å². The number of piperazine rings is 1. The van der Waals surface area contributed by atoms with E-state index < -0.39 is 0 Å². The van der Waals surface area contributed by atoms with E-state index in [0.29, 0.717) is 44.2 Å². The van der Waals surface area contributed by atoms with Crippen LogP contribution in [0.1, 0.15) is 16.1 Å². The molecule has 0 aliphatic carbocycles. The summed E-state index contributed by atoms with van der Waals surface area (Å²) in [6.45, 7) is 3.11. The van der Waals surface area contributed by atoms with E-state index in [2.05, 4.69) is 25.2 Å². The highest BCUT2D eigenvalue weighted by Crippen LogP contribution is 2.18. The standard InChI is InChI=1S/C21H21FN6O/c22-17-3-5-18(6-4-17)27-8-10-28(11-9-27)21(29)19-12-20(26-15-25-19)24-14-16-2-1-7-23-13-16/h1-7,12-13,15H,8-11,14H2,(H,24,25,26). The molecule has 0 spiro atoms. The summed E-state index contributed by atoms with van der Waals surface area (Å²) in [6, 6.07) is 11.9. The number of nitrogens with one attached hydrogen (secondary N) is 1. The molecule has 1 fully saturated rings. The number of nitrogens with zero attached hydrogens (tertiary/aromatic N) is 5. The SMILES string of the molecule is O=C(c1cc(NCc2cccnc2)ncn1)N1CCN(c2ccc(F)cc2)CC1. The fourth-order valence-electron chi connectivity index (χ4n) is 3.25. The zero-order valence-corrected chi connectivity index (χ0v) is 15.8. The van der Waals surface area contributed by atoms with Crippen molar-refractivity contribution in [3.8, 4) is 0 Å². The number of amides is 1. The Morgan fingerprint density at radius 3 is 2.59 bits per heavy atom. The molecule has 0 saturated carbocycles. The molecule has 1 aromatic carbocycles. The number of hydrogen-bond donors (Lipinski definition) is 1. The molecule has 29 heavy (non-hydrogen) atoms. The molecule has 1 N–H and O–H groups in total. The third-order valence-electron chi connectivity index (χ3n) is 4.84. The van der Waals surface area contributed by atoms with Crippen molar-refractivity contribution in [1.29, 1.82) is 0 Å². The van der Waals surface area contributed by atoms with Crippen molar-refractivity contribution in [1.82, 2.24) is 19.9 Å². The number of carbonyl (C=O) groups excluding carboxylic acids is 1. The first-order valence-electron chi connectivity index (χ1n) is 9.44. The summed E-state index contributed by atoms with van der Waals surface area (Å²) < 4.78 is 13.1. The highest BCUT2D eigenvalue weighted by molar-refractivity contribution is 5.93. The summed E-state index contributed by atoms with van der Waals surface area (Å²) >= 11 is 0. The average Bonchev–Trinajstić information content (AvgIpc) is 2.79. The highest BCUT2D eigenvalue weighted by atomic mass is 19.1. The van der Waals surface area contributed by atoms with Gasteiger partial charge in [0.15, 0.2) is 0 Å². The van der Waals surface area contributed by atoms with Crippen LogP contribution in [0.4, 0.5) is 15.9 Å². The predicted molar refractivity (Wildman–Crippen MR) is 108 cm³/mol. The number of carbonyl (C=O) groups is 1. The minimum atomic E-state index is -0.251. The van der Waals surface area contributed by atoms with E-state index in [4.69, 9.17) is 0 Å². The highest BCUT2D eigenvalue weighted by Gasteiger charge is 2.23. The quantitative estimate of drug-likeness (QED) is 0.720. The van der Waals surface area contributed by atoms with Gasteiger partial charge < -0.3 is 15.1 Å². The van der Waals surface area contributed by atoms with Gasteiger partial charge in [-0.25, -0.2) is 14.4 Å². The zero-order valence-electron chi connectivity index (χ0n) is 15.8. The molecular weight excluding hydrogens is 371 g/mol. The van der Waals surface area contributed by atoms with E-state index in [1.165, 1.54) is 18.5 Å². The third-order valence-corrected chi connectivity index (χ3v) is 4.84. The van der Waals surface area contributed by atoms with Gasteiger partial charge in [-0.15, -0.1) is 0 Å². The third kappa shape index (κ3) is 4.66. The van der Waals surface area contributed by atoms with Crippen molar-refractivity contribution in [3.05, 3.63) is 78.3 Å². The largest absolute Gasteiger partial charge is 0.368 e. The molecule has 3 aromatic rings. The Bertz CT molecular complexity index is 958. The molecule has 1 amide bonds. The van der Waals surface area contributed by atoms with Crippen LogP contribution in [0, 0.1) is 5.82 Å². The smallest absolute Gasteiger partial charge is 0.272 e. The second-order valence-corrected chi connectivity index (χ2v) is 6.76. The van der Waals surface area contributed by atoms with Gasteiger partial charge in [0.05, 0.1) is 0 Å². The molecule has 0 atom stereocenters. The van der Waals surface area contributed by atoms with Crippen LogP contribution in [0.2, 0.25) is 0 Å². The van der Waals surface area contributed by atoms with Crippen LogP contribution in [0.3, 0.4) is 0 Å². The Balaban J connectivity index is 1.35. The molecule has 0 unspecified atom stereocenters. The lowest BCUT2D eigenvalue weighted by molar-refractivity contribution is 0.0740. The summed E-state index contributed by atoms with van der Waals surface area (Å²) in [5, 5.41) is 3.19. The van der Waals surface area contributed by atoms with Gasteiger partial charge in [-0.05, 0) is 35.9 Å². The van der Waals surface area contributed by atoms with Crippen molar-refractivity contribution < 1.29 is 9.18 Å². The normalized spacial score (nSPS) is 14.0. The summed E-state index contributed by atoms with van der Waals surface area (Å²) in [6.07, 6.45) is 4.90. The van der Waals surface area contributed by atoms with Crippen LogP contribution in [0.15, 0.2) is 61.2 Å². The molecule has 8 heteroatoms. The number of pyridine rings is 1. The summed E-state index contributed by atoms with van der Waals surface area (Å²) in [5.74, 6) is 0.229. The molecule has 0 radical (unpaired) electrons. The van der Waals surface area contributed by atoms with Crippen molar-refractivity contribution >= 4 is 17.4 Å². The molecule has 148 valence electrons. The molecule has 2 aromatic heterocycles. The van der Waals surface area contributed by atoms with Crippen LogP contribution in [-0.4, -0.2) is 51.9 Å². The fraction of sp³-hybridized carbons (Fsp3) is 0.238. The Hall–Kier alpha value is -3.55. The van der Waals surface area contributed by atoms with Crippen LogP contribution in [0.5, 0.6) is 0 Å². The Kier molecular flexibility index (Phi) is 5.60. The lowest BCUT2D eigenvalue weighted by Crippen LogP contribution is -2.49. The van der Waals surface area contributed by atoms with Gasteiger partial charge in [0, 0.05) is 56.9 Å². The number of halogens is 1. The van der Waals surface area contributed by atoms with E-state index in [-0.39, 0.29) is 11.7 Å². The minimum absolute atomic E-state index is 0.115. The maximum Gasteiger partial charge on any atom is 0.272 e. The zero-order chi connectivity index (χ0) is 20.1. The molecule has 4 rings (SSSR count). The topological polar surface area (TPSA) is 74.2 Å². The predicted octanol–water partition coefficient (Wildman–Crippen LogP) is 2.59. The second-order valence-electron chi connectivity index (χ2n) is 6.76. The molecule has 7 nitrogen and oxygen atoms in total. The first-order valence-corrected chi connectivity index (χ1v) is 9.44. The number of benzene rings is 1. The minimum Gasteiger partial charge on any atom is -0.368 e. The van der Waals surface area contributed by atoms with Crippen molar-refractivity contribution in [2.24, 2.45) is 0 Å². The van der Waals surface area contributed by atoms with Crippen LogP contribution >= 0.6 is 0 Å². The fourth-order valence-corrected chi connectivity index (χ4v) is 3.25. The first kappa shape index (κ1) is 18.8. The summed E-state index contributed by atoms with van der Waals surface area (Å²) in [7, 11) is 0. The molecule has 1 aliphatic rings. The van der Waals surface area contributed by atoms with E-state index in [1.54, 1.807) is 35.5 Å².